The maximum absolute atomic E-state index is 13.5. The minimum atomic E-state index is -0.514. The van der Waals surface area contributed by atoms with Crippen molar-refractivity contribution in [2.45, 2.75) is 37.5 Å². The average Bonchev–Trinajstić information content (AvgIpc) is 2.99. The van der Waals surface area contributed by atoms with Gasteiger partial charge in [-0.2, -0.15) is 0 Å². The third-order valence-electron chi connectivity index (χ3n) is 5.84. The first kappa shape index (κ1) is 20.0. The second-order valence-electron chi connectivity index (χ2n) is 7.71. The molecule has 2 aromatic carbocycles. The van der Waals surface area contributed by atoms with Crippen molar-refractivity contribution in [1.82, 2.24) is 10.2 Å². The van der Waals surface area contributed by atoms with E-state index in [1.807, 2.05) is 17.0 Å². The van der Waals surface area contributed by atoms with Gasteiger partial charge in [0.2, 0.25) is 0 Å². The molecule has 3 atom stereocenters. The molecule has 0 aliphatic carbocycles. The van der Waals surface area contributed by atoms with Gasteiger partial charge in [-0.25, -0.2) is 4.39 Å². The smallest absolute Gasteiger partial charge is 0.252 e. The van der Waals surface area contributed by atoms with E-state index >= 15 is 0 Å². The minimum absolute atomic E-state index is 0.0275. The molecule has 0 radical (unpaired) electrons. The number of benzene rings is 2. The maximum Gasteiger partial charge on any atom is 0.252 e. The lowest BCUT2D eigenvalue weighted by atomic mass is 9.87. The number of carbonyl (C=O) groups is 1. The molecule has 1 saturated heterocycles. The second kappa shape index (κ2) is 9.03. The Hall–Kier alpha value is -2.28. The van der Waals surface area contributed by atoms with Gasteiger partial charge in [0.15, 0.2) is 0 Å². The van der Waals surface area contributed by atoms with Crippen molar-refractivity contribution >= 4 is 5.91 Å². The van der Waals surface area contributed by atoms with E-state index in [0.717, 1.165) is 17.5 Å². The van der Waals surface area contributed by atoms with E-state index in [-0.39, 0.29) is 30.4 Å². The van der Waals surface area contributed by atoms with Crippen LogP contribution in [0.5, 0.6) is 0 Å². The fourth-order valence-corrected chi connectivity index (χ4v) is 4.32. The fourth-order valence-electron chi connectivity index (χ4n) is 4.32. The van der Waals surface area contributed by atoms with Crippen LogP contribution >= 0.6 is 0 Å². The van der Waals surface area contributed by atoms with Gasteiger partial charge in [0.25, 0.3) is 5.91 Å². The van der Waals surface area contributed by atoms with E-state index in [1.165, 1.54) is 17.7 Å². The quantitative estimate of drug-likeness (QED) is 0.831. The molecule has 0 spiro atoms. The van der Waals surface area contributed by atoms with Gasteiger partial charge in [-0.15, -0.1) is 0 Å². The highest BCUT2D eigenvalue weighted by atomic mass is 19.1. The molecule has 4 rings (SSSR count). The van der Waals surface area contributed by atoms with Crippen LogP contribution in [0.25, 0.3) is 0 Å². The molecule has 5 nitrogen and oxygen atoms in total. The normalized spacial score (nSPS) is 24.6. The molecule has 6 heteroatoms. The lowest BCUT2D eigenvalue weighted by Crippen LogP contribution is -2.46. The molecular weight excluding hydrogens is 371 g/mol. The van der Waals surface area contributed by atoms with E-state index in [2.05, 4.69) is 17.4 Å². The molecule has 1 amide bonds. The van der Waals surface area contributed by atoms with Crippen LogP contribution in [0.3, 0.4) is 0 Å². The predicted octanol–water partition coefficient (Wildman–Crippen LogP) is 2.43. The number of rotatable bonds is 4. The lowest BCUT2D eigenvalue weighted by molar-refractivity contribution is -0.146. The van der Waals surface area contributed by atoms with Crippen molar-refractivity contribution in [1.29, 1.82) is 0 Å². The molecular formula is C23H27FN2O3. The number of aliphatic hydroxyl groups excluding tert-OH is 1. The Kier molecular flexibility index (Phi) is 6.23. The second-order valence-corrected chi connectivity index (χ2v) is 7.71. The molecule has 2 aliphatic rings. The van der Waals surface area contributed by atoms with Crippen LogP contribution in [0, 0.1) is 5.82 Å². The van der Waals surface area contributed by atoms with E-state index in [0.29, 0.717) is 32.5 Å². The molecule has 1 fully saturated rings. The number of nitrogens with one attached hydrogen (secondary N) is 1. The van der Waals surface area contributed by atoms with Crippen molar-refractivity contribution in [3.05, 3.63) is 71.0 Å². The first-order valence-corrected chi connectivity index (χ1v) is 10.3. The van der Waals surface area contributed by atoms with Crippen LogP contribution in [0.15, 0.2) is 48.5 Å². The molecule has 0 bridgehead atoms. The number of nitrogens with zero attached hydrogens (tertiary/aromatic N) is 1. The van der Waals surface area contributed by atoms with Gasteiger partial charge in [-0.3, -0.25) is 4.79 Å². The SMILES string of the molecule is O=C([C@H]1CCN[C@H](CCO)CO1)N1CCc2ccccc2[C@@H]1c1ccc(F)cc1. The van der Waals surface area contributed by atoms with Gasteiger partial charge < -0.3 is 20.1 Å². The van der Waals surface area contributed by atoms with Crippen LogP contribution in [0.2, 0.25) is 0 Å². The topological polar surface area (TPSA) is 61.8 Å². The first-order valence-electron chi connectivity index (χ1n) is 10.3. The standard InChI is InChI=1S/C23H27FN2O3/c24-18-7-5-17(6-8-18)22-20-4-2-1-3-16(20)10-13-26(22)23(28)21-9-12-25-19(11-14-27)15-29-21/h1-8,19,21-22,25,27H,9-15H2/t19-,21-,22+/m1/s1. The van der Waals surface area contributed by atoms with Gasteiger partial charge >= 0.3 is 0 Å². The van der Waals surface area contributed by atoms with E-state index in [9.17, 15) is 9.18 Å². The van der Waals surface area contributed by atoms with Crippen LogP contribution in [0.1, 0.15) is 35.6 Å². The summed E-state index contributed by atoms with van der Waals surface area (Å²) in [6, 6.07) is 14.4. The zero-order chi connectivity index (χ0) is 20.2. The largest absolute Gasteiger partial charge is 0.396 e. The van der Waals surface area contributed by atoms with Crippen molar-refractivity contribution < 1.29 is 19.0 Å². The van der Waals surface area contributed by atoms with Crippen molar-refractivity contribution in [2.75, 3.05) is 26.3 Å². The molecule has 29 heavy (non-hydrogen) atoms. The number of hydrogen-bond acceptors (Lipinski definition) is 4. The monoisotopic (exact) mass is 398 g/mol. The number of ether oxygens (including phenoxy) is 1. The Balaban J connectivity index is 1.61. The highest BCUT2D eigenvalue weighted by molar-refractivity contribution is 5.82. The molecule has 0 saturated carbocycles. The Bertz CT molecular complexity index is 842. The first-order chi connectivity index (χ1) is 14.2. The van der Waals surface area contributed by atoms with Gasteiger partial charge in [0.1, 0.15) is 11.9 Å². The van der Waals surface area contributed by atoms with Crippen LogP contribution < -0.4 is 5.32 Å². The van der Waals surface area contributed by atoms with E-state index < -0.39 is 6.10 Å². The van der Waals surface area contributed by atoms with Crippen molar-refractivity contribution in [3.8, 4) is 0 Å². The molecule has 154 valence electrons. The van der Waals surface area contributed by atoms with Crippen molar-refractivity contribution in [3.63, 3.8) is 0 Å². The third kappa shape index (κ3) is 4.34. The summed E-state index contributed by atoms with van der Waals surface area (Å²) >= 11 is 0. The van der Waals surface area contributed by atoms with Crippen LogP contribution in [0.4, 0.5) is 4.39 Å². The summed E-state index contributed by atoms with van der Waals surface area (Å²) in [5.74, 6) is -0.316. The summed E-state index contributed by atoms with van der Waals surface area (Å²) in [5, 5.41) is 12.5. The molecule has 0 aromatic heterocycles. The third-order valence-corrected chi connectivity index (χ3v) is 5.84. The maximum atomic E-state index is 13.5. The van der Waals surface area contributed by atoms with Gasteiger partial charge in [0.05, 0.1) is 12.6 Å². The van der Waals surface area contributed by atoms with E-state index in [4.69, 9.17) is 9.84 Å². The molecule has 2 aliphatic heterocycles. The molecule has 0 unspecified atom stereocenters. The number of halogens is 1. The number of carbonyl (C=O) groups excluding carboxylic acids is 1. The molecule has 2 aromatic rings. The Morgan fingerprint density at radius 3 is 2.79 bits per heavy atom. The minimum Gasteiger partial charge on any atom is -0.396 e. The van der Waals surface area contributed by atoms with Gasteiger partial charge in [-0.05, 0) is 54.6 Å². The van der Waals surface area contributed by atoms with Gasteiger partial charge in [0, 0.05) is 19.2 Å². The number of hydrogen-bond donors (Lipinski definition) is 2. The lowest BCUT2D eigenvalue weighted by Gasteiger charge is -2.39. The Morgan fingerprint density at radius 2 is 2.00 bits per heavy atom. The summed E-state index contributed by atoms with van der Waals surface area (Å²) < 4.78 is 19.5. The highest BCUT2D eigenvalue weighted by Gasteiger charge is 2.36. The Labute approximate surface area is 170 Å². The fraction of sp³-hybridized carbons (Fsp3) is 0.435. The Morgan fingerprint density at radius 1 is 1.21 bits per heavy atom. The molecule has 2 heterocycles. The highest BCUT2D eigenvalue weighted by Crippen LogP contribution is 2.36. The summed E-state index contributed by atoms with van der Waals surface area (Å²) in [6.07, 6.45) is 1.47. The zero-order valence-corrected chi connectivity index (χ0v) is 16.4. The summed E-state index contributed by atoms with van der Waals surface area (Å²) in [4.78, 5) is 15.4. The summed E-state index contributed by atoms with van der Waals surface area (Å²) in [6.45, 7) is 1.77. The number of aliphatic hydroxyl groups is 1. The predicted molar refractivity (Wildman–Crippen MR) is 108 cm³/mol. The number of amides is 1. The average molecular weight is 398 g/mol. The van der Waals surface area contributed by atoms with Crippen LogP contribution in [-0.2, 0) is 16.0 Å². The van der Waals surface area contributed by atoms with E-state index in [1.54, 1.807) is 12.1 Å². The summed E-state index contributed by atoms with van der Waals surface area (Å²) in [5.41, 5.74) is 3.21. The van der Waals surface area contributed by atoms with Gasteiger partial charge in [-0.1, -0.05) is 36.4 Å². The van der Waals surface area contributed by atoms with Crippen molar-refractivity contribution in [2.24, 2.45) is 0 Å². The zero-order valence-electron chi connectivity index (χ0n) is 16.4. The molecule has 2 N–H and O–H groups in total. The van der Waals surface area contributed by atoms with Crippen LogP contribution in [-0.4, -0.2) is 54.4 Å². The number of fused-ring (bicyclic) bond motifs is 1. The summed E-state index contributed by atoms with van der Waals surface area (Å²) in [7, 11) is 0.